The Morgan fingerprint density at radius 2 is 2.06 bits per heavy atom. The van der Waals surface area contributed by atoms with E-state index in [0.29, 0.717) is 23.5 Å². The van der Waals surface area contributed by atoms with Crippen molar-refractivity contribution in [2.45, 2.75) is 40.2 Å². The smallest absolute Gasteiger partial charge is 0.278 e. The minimum Gasteiger partial charge on any atom is -0.327 e. The highest BCUT2D eigenvalue weighted by molar-refractivity contribution is 5.47. The van der Waals surface area contributed by atoms with Crippen molar-refractivity contribution in [2.75, 3.05) is 0 Å². The van der Waals surface area contributed by atoms with Gasteiger partial charge in [0, 0.05) is 29.8 Å². The van der Waals surface area contributed by atoms with Gasteiger partial charge >= 0.3 is 0 Å². The van der Waals surface area contributed by atoms with Gasteiger partial charge in [0.15, 0.2) is 0 Å². The van der Waals surface area contributed by atoms with E-state index < -0.39 is 0 Å². The average molecular weight is 237 g/mol. The molecule has 1 aromatic heterocycles. The first-order chi connectivity index (χ1) is 7.84. The predicted molar refractivity (Wildman–Crippen MR) is 66.9 cm³/mol. The van der Waals surface area contributed by atoms with Gasteiger partial charge < -0.3 is 5.73 Å². The highest BCUT2D eigenvalue weighted by Gasteiger charge is 2.20. The summed E-state index contributed by atoms with van der Waals surface area (Å²) in [7, 11) is 0. The molecule has 0 aromatic carbocycles. The zero-order valence-corrected chi connectivity index (χ0v) is 10.7. The Bertz CT molecular complexity index is 430. The van der Waals surface area contributed by atoms with Gasteiger partial charge in [0.2, 0.25) is 0 Å². The minimum absolute atomic E-state index is 0.0245. The molecule has 0 aliphatic rings. The van der Waals surface area contributed by atoms with Crippen molar-refractivity contribution in [3.05, 3.63) is 33.1 Å². The van der Waals surface area contributed by atoms with Crippen molar-refractivity contribution in [1.29, 1.82) is 0 Å². The van der Waals surface area contributed by atoms with Gasteiger partial charge in [-0.25, -0.2) is 0 Å². The summed E-state index contributed by atoms with van der Waals surface area (Å²) in [5.41, 5.74) is 8.08. The summed E-state index contributed by atoms with van der Waals surface area (Å²) in [5, 5.41) is 11.0. The van der Waals surface area contributed by atoms with Gasteiger partial charge in [0.05, 0.1) is 10.6 Å². The normalized spacial score (nSPS) is 12.8. The molecule has 0 amide bonds. The second-order valence-corrected chi connectivity index (χ2v) is 4.73. The lowest BCUT2D eigenvalue weighted by Crippen LogP contribution is -2.29. The summed E-state index contributed by atoms with van der Waals surface area (Å²) >= 11 is 0. The molecule has 0 saturated heterocycles. The number of pyridine rings is 1. The standard InChI is InChI=1S/C12H19N3O2/c1-7(2)10(13)5-11-9(4)12(15(16)17)8(3)6-14-11/h6-7,10H,5,13H2,1-4H3. The predicted octanol–water partition coefficient (Wildman–Crippen LogP) is 2.13. The zero-order chi connectivity index (χ0) is 13.2. The maximum atomic E-state index is 11.0. The number of nitrogens with zero attached hydrogens (tertiary/aromatic N) is 2. The number of nitro groups is 1. The molecular formula is C12H19N3O2. The second kappa shape index (κ2) is 5.23. The molecule has 1 heterocycles. The van der Waals surface area contributed by atoms with Crippen LogP contribution in [0.2, 0.25) is 0 Å². The van der Waals surface area contributed by atoms with Crippen LogP contribution in [0.5, 0.6) is 0 Å². The minimum atomic E-state index is -0.350. The van der Waals surface area contributed by atoms with Crippen LogP contribution in [0.1, 0.15) is 30.7 Å². The number of aryl methyl sites for hydroxylation is 1. The molecule has 94 valence electrons. The summed E-state index contributed by atoms with van der Waals surface area (Å²) < 4.78 is 0. The molecule has 2 N–H and O–H groups in total. The van der Waals surface area contributed by atoms with E-state index in [1.165, 1.54) is 0 Å². The zero-order valence-electron chi connectivity index (χ0n) is 10.7. The van der Waals surface area contributed by atoms with Crippen LogP contribution in [0.3, 0.4) is 0 Å². The highest BCUT2D eigenvalue weighted by atomic mass is 16.6. The number of aromatic nitrogens is 1. The third-order valence-electron chi connectivity index (χ3n) is 3.04. The Balaban J connectivity index is 3.11. The highest BCUT2D eigenvalue weighted by Crippen LogP contribution is 2.25. The van der Waals surface area contributed by atoms with Gasteiger partial charge in [-0.15, -0.1) is 0 Å². The van der Waals surface area contributed by atoms with E-state index in [1.54, 1.807) is 20.0 Å². The quantitative estimate of drug-likeness (QED) is 0.642. The third kappa shape index (κ3) is 3.00. The molecule has 0 bridgehead atoms. The molecule has 5 nitrogen and oxygen atoms in total. The number of hydrogen-bond donors (Lipinski definition) is 1. The van der Waals surface area contributed by atoms with Crippen LogP contribution in [0.4, 0.5) is 5.69 Å². The summed E-state index contributed by atoms with van der Waals surface area (Å²) in [6.07, 6.45) is 2.12. The molecule has 0 aliphatic carbocycles. The van der Waals surface area contributed by atoms with E-state index in [0.717, 1.165) is 5.69 Å². The molecule has 0 aliphatic heterocycles. The van der Waals surface area contributed by atoms with E-state index in [2.05, 4.69) is 4.98 Å². The first-order valence-electron chi connectivity index (χ1n) is 5.69. The van der Waals surface area contributed by atoms with Crippen molar-refractivity contribution < 1.29 is 4.92 Å². The van der Waals surface area contributed by atoms with Crippen LogP contribution in [-0.2, 0) is 6.42 Å². The van der Waals surface area contributed by atoms with Crippen molar-refractivity contribution >= 4 is 5.69 Å². The molecule has 0 fully saturated rings. The van der Waals surface area contributed by atoms with Crippen LogP contribution in [0, 0.1) is 29.9 Å². The topological polar surface area (TPSA) is 82.0 Å². The third-order valence-corrected chi connectivity index (χ3v) is 3.04. The van der Waals surface area contributed by atoms with Crippen molar-refractivity contribution in [3.8, 4) is 0 Å². The Kier molecular flexibility index (Phi) is 4.17. The van der Waals surface area contributed by atoms with Gasteiger partial charge in [-0.05, 0) is 19.8 Å². The van der Waals surface area contributed by atoms with Gasteiger partial charge in [0.1, 0.15) is 0 Å². The molecule has 0 radical (unpaired) electrons. The Hall–Kier alpha value is -1.49. The van der Waals surface area contributed by atoms with Crippen molar-refractivity contribution in [1.82, 2.24) is 4.98 Å². The lowest BCUT2D eigenvalue weighted by molar-refractivity contribution is -0.386. The molecule has 1 atom stereocenters. The van der Waals surface area contributed by atoms with Crippen LogP contribution in [-0.4, -0.2) is 15.9 Å². The van der Waals surface area contributed by atoms with Gasteiger partial charge in [-0.1, -0.05) is 13.8 Å². The van der Waals surface area contributed by atoms with Gasteiger partial charge in [-0.2, -0.15) is 0 Å². The Morgan fingerprint density at radius 1 is 1.47 bits per heavy atom. The first-order valence-corrected chi connectivity index (χ1v) is 5.69. The largest absolute Gasteiger partial charge is 0.327 e. The lowest BCUT2D eigenvalue weighted by atomic mass is 9.97. The van der Waals surface area contributed by atoms with Crippen LogP contribution < -0.4 is 5.73 Å². The SMILES string of the molecule is Cc1cnc(CC(N)C(C)C)c(C)c1[N+](=O)[O-]. The summed E-state index contributed by atoms with van der Waals surface area (Å²) in [6, 6.07) is -0.0245. The Morgan fingerprint density at radius 3 is 2.53 bits per heavy atom. The molecule has 1 aromatic rings. The number of hydrogen-bond acceptors (Lipinski definition) is 4. The van der Waals surface area contributed by atoms with Crippen molar-refractivity contribution in [3.63, 3.8) is 0 Å². The maximum absolute atomic E-state index is 11.0. The van der Waals surface area contributed by atoms with Crippen LogP contribution >= 0.6 is 0 Å². The second-order valence-electron chi connectivity index (χ2n) is 4.73. The Labute approximate surface area is 101 Å². The fraction of sp³-hybridized carbons (Fsp3) is 0.583. The van der Waals surface area contributed by atoms with Crippen LogP contribution in [0.15, 0.2) is 6.20 Å². The molecule has 5 heteroatoms. The van der Waals surface area contributed by atoms with E-state index in [4.69, 9.17) is 5.73 Å². The number of nitrogens with two attached hydrogens (primary N) is 1. The fourth-order valence-electron chi connectivity index (χ4n) is 1.71. The molecular weight excluding hydrogens is 218 g/mol. The van der Waals surface area contributed by atoms with E-state index in [-0.39, 0.29) is 16.7 Å². The summed E-state index contributed by atoms with van der Waals surface area (Å²) in [4.78, 5) is 14.9. The maximum Gasteiger partial charge on any atom is 0.278 e. The molecule has 0 saturated carbocycles. The average Bonchev–Trinajstić information content (AvgIpc) is 2.21. The summed E-state index contributed by atoms with van der Waals surface area (Å²) in [5.74, 6) is 0.330. The molecule has 1 unspecified atom stereocenters. The van der Waals surface area contributed by atoms with Gasteiger partial charge in [-0.3, -0.25) is 15.1 Å². The fourth-order valence-corrected chi connectivity index (χ4v) is 1.71. The number of rotatable bonds is 4. The van der Waals surface area contributed by atoms with E-state index in [1.807, 2.05) is 13.8 Å². The molecule has 17 heavy (non-hydrogen) atoms. The van der Waals surface area contributed by atoms with Gasteiger partial charge in [0.25, 0.3) is 5.69 Å². The summed E-state index contributed by atoms with van der Waals surface area (Å²) in [6.45, 7) is 7.50. The molecule has 1 rings (SSSR count). The first kappa shape index (κ1) is 13.6. The van der Waals surface area contributed by atoms with E-state index >= 15 is 0 Å². The molecule has 0 spiro atoms. The lowest BCUT2D eigenvalue weighted by Gasteiger charge is -2.16. The van der Waals surface area contributed by atoms with Crippen molar-refractivity contribution in [2.24, 2.45) is 11.7 Å². The monoisotopic (exact) mass is 237 g/mol. The van der Waals surface area contributed by atoms with Crippen LogP contribution in [0.25, 0.3) is 0 Å². The van der Waals surface area contributed by atoms with E-state index in [9.17, 15) is 10.1 Å².